The van der Waals surface area contributed by atoms with Crippen LogP contribution in [-0.4, -0.2) is 78.9 Å². The minimum atomic E-state index is -0.485. The highest BCUT2D eigenvalue weighted by molar-refractivity contribution is 5.82. The molecule has 2 aliphatic heterocycles. The number of hydrogen-bond acceptors (Lipinski definition) is 5. The second kappa shape index (κ2) is 11.4. The Morgan fingerprint density at radius 1 is 1.14 bits per heavy atom. The van der Waals surface area contributed by atoms with Crippen LogP contribution in [0.4, 0.5) is 4.79 Å². The molecule has 2 aliphatic rings. The Labute approximate surface area is 175 Å². The number of nitrogens with one attached hydrogen (secondary N) is 1. The summed E-state index contributed by atoms with van der Waals surface area (Å²) in [7, 11) is 0. The third-order valence-electron chi connectivity index (χ3n) is 5.29. The molecule has 2 amide bonds. The molecule has 2 heterocycles. The van der Waals surface area contributed by atoms with E-state index in [0.717, 1.165) is 58.2 Å². The number of carbonyl (C=O) groups is 2. The van der Waals surface area contributed by atoms with Crippen molar-refractivity contribution < 1.29 is 19.1 Å². The smallest absolute Gasteiger partial charge is 0.407 e. The maximum Gasteiger partial charge on any atom is 0.407 e. The summed E-state index contributed by atoms with van der Waals surface area (Å²) >= 11 is 0. The summed E-state index contributed by atoms with van der Waals surface area (Å²) in [6.07, 6.45) is 10.8. The van der Waals surface area contributed by atoms with Gasteiger partial charge in [-0.2, -0.15) is 0 Å². The summed E-state index contributed by atoms with van der Waals surface area (Å²) in [6.45, 7) is 9.58. The van der Waals surface area contributed by atoms with Crippen LogP contribution in [0.25, 0.3) is 0 Å². The zero-order valence-corrected chi connectivity index (χ0v) is 18.2. The lowest BCUT2D eigenvalue weighted by atomic mass is 9.99. The summed E-state index contributed by atoms with van der Waals surface area (Å²) in [5.74, 6) is 2.91. The van der Waals surface area contributed by atoms with Crippen LogP contribution in [0, 0.1) is 12.3 Å². The van der Waals surface area contributed by atoms with Gasteiger partial charge in [0.2, 0.25) is 5.91 Å². The first-order chi connectivity index (χ1) is 13.8. The Morgan fingerprint density at radius 2 is 1.86 bits per heavy atom. The fourth-order valence-corrected chi connectivity index (χ4v) is 3.86. The Balaban J connectivity index is 1.62. The molecule has 1 N–H and O–H groups in total. The van der Waals surface area contributed by atoms with Crippen molar-refractivity contribution in [1.29, 1.82) is 0 Å². The predicted octanol–water partition coefficient (Wildman–Crippen LogP) is 2.40. The predicted molar refractivity (Wildman–Crippen MR) is 112 cm³/mol. The number of nitrogens with zero attached hydrogens (tertiary/aromatic N) is 2. The molecule has 0 aromatic rings. The van der Waals surface area contributed by atoms with E-state index in [-0.39, 0.29) is 18.1 Å². The monoisotopic (exact) mass is 407 g/mol. The summed E-state index contributed by atoms with van der Waals surface area (Å²) in [6, 6.07) is -0.0591. The van der Waals surface area contributed by atoms with Crippen molar-refractivity contribution in [3.8, 4) is 12.3 Å². The molecule has 1 atom stereocenters. The van der Waals surface area contributed by atoms with E-state index in [1.807, 2.05) is 25.7 Å². The van der Waals surface area contributed by atoms with E-state index in [4.69, 9.17) is 15.9 Å². The van der Waals surface area contributed by atoms with Crippen molar-refractivity contribution >= 4 is 12.0 Å². The van der Waals surface area contributed by atoms with Crippen LogP contribution >= 0.6 is 0 Å². The summed E-state index contributed by atoms with van der Waals surface area (Å²) in [4.78, 5) is 28.6. The van der Waals surface area contributed by atoms with Gasteiger partial charge in [-0.3, -0.25) is 9.69 Å². The number of piperidine rings is 2. The Bertz CT molecular complexity index is 574. The van der Waals surface area contributed by atoms with Crippen LogP contribution in [-0.2, 0) is 14.3 Å². The molecule has 29 heavy (non-hydrogen) atoms. The molecule has 0 bridgehead atoms. The summed E-state index contributed by atoms with van der Waals surface area (Å²) < 4.78 is 11.1. The number of alkyl carbamates (subject to hydrolysis) is 1. The Morgan fingerprint density at radius 3 is 2.52 bits per heavy atom. The second-order valence-corrected chi connectivity index (χ2v) is 8.86. The van der Waals surface area contributed by atoms with Crippen LogP contribution in [0.1, 0.15) is 59.3 Å². The molecule has 0 unspecified atom stereocenters. The van der Waals surface area contributed by atoms with Crippen molar-refractivity contribution in [2.24, 2.45) is 0 Å². The summed E-state index contributed by atoms with van der Waals surface area (Å²) in [5.41, 5.74) is -0.485. The van der Waals surface area contributed by atoms with Gasteiger partial charge in [0.1, 0.15) is 5.60 Å². The molecule has 0 aromatic carbocycles. The Hall–Kier alpha value is -1.78. The normalized spacial score (nSPS) is 21.4. The highest BCUT2D eigenvalue weighted by Gasteiger charge is 2.33. The fraction of sp³-hybridized carbons (Fsp3) is 0.818. The number of rotatable bonds is 7. The van der Waals surface area contributed by atoms with Gasteiger partial charge >= 0.3 is 6.09 Å². The molecule has 7 nitrogen and oxygen atoms in total. The van der Waals surface area contributed by atoms with E-state index in [2.05, 4.69) is 16.1 Å². The van der Waals surface area contributed by atoms with Crippen molar-refractivity contribution in [3.05, 3.63) is 0 Å². The van der Waals surface area contributed by atoms with Crippen LogP contribution < -0.4 is 5.32 Å². The van der Waals surface area contributed by atoms with E-state index < -0.39 is 11.7 Å². The van der Waals surface area contributed by atoms with Gasteiger partial charge in [-0.05, 0) is 59.4 Å². The maximum absolute atomic E-state index is 12.9. The Kier molecular flexibility index (Phi) is 9.25. The van der Waals surface area contributed by atoms with Gasteiger partial charge in [-0.25, -0.2) is 4.79 Å². The molecule has 0 aromatic heterocycles. The van der Waals surface area contributed by atoms with Crippen LogP contribution in [0.2, 0.25) is 0 Å². The van der Waals surface area contributed by atoms with Crippen LogP contribution in [0.15, 0.2) is 0 Å². The number of hydrogen-bond donors (Lipinski definition) is 1. The maximum atomic E-state index is 12.9. The first-order valence-corrected chi connectivity index (χ1v) is 10.8. The topological polar surface area (TPSA) is 71.1 Å². The molecular formula is C22H37N3O4. The first kappa shape index (κ1) is 23.5. The molecule has 0 radical (unpaired) electrons. The number of carbonyl (C=O) groups excluding carboxylic acids is 2. The van der Waals surface area contributed by atoms with Crippen molar-refractivity contribution in [2.45, 2.75) is 77.0 Å². The lowest BCUT2D eigenvalue weighted by molar-refractivity contribution is -0.140. The molecule has 2 saturated heterocycles. The van der Waals surface area contributed by atoms with E-state index in [9.17, 15) is 9.59 Å². The highest BCUT2D eigenvalue weighted by Crippen LogP contribution is 2.21. The standard InChI is InChI=1S/C22H37N3O4/c1-5-13-24-14-7-6-9-19(24)20(26)25-15-10-18(11-16-25)28-17-8-12-23-21(27)29-22(2,3)4/h1,18-19H,6-17H2,2-4H3,(H,23,27)/t19-/m1/s1. The molecule has 2 rings (SSSR count). The minimum Gasteiger partial charge on any atom is -0.444 e. The zero-order chi connectivity index (χ0) is 21.3. The lowest BCUT2D eigenvalue weighted by Crippen LogP contribution is -2.53. The van der Waals surface area contributed by atoms with Gasteiger partial charge in [0.15, 0.2) is 0 Å². The zero-order valence-electron chi connectivity index (χ0n) is 18.2. The van der Waals surface area contributed by atoms with Crippen molar-refractivity contribution in [3.63, 3.8) is 0 Å². The molecular weight excluding hydrogens is 370 g/mol. The van der Waals surface area contributed by atoms with Gasteiger partial charge in [-0.1, -0.05) is 12.3 Å². The molecule has 164 valence electrons. The molecule has 0 saturated carbocycles. The van der Waals surface area contributed by atoms with E-state index >= 15 is 0 Å². The number of amides is 2. The average Bonchev–Trinajstić information content (AvgIpc) is 2.67. The number of ether oxygens (including phenoxy) is 2. The number of terminal acetylenes is 1. The largest absolute Gasteiger partial charge is 0.444 e. The molecule has 2 fully saturated rings. The van der Waals surface area contributed by atoms with Gasteiger partial charge < -0.3 is 19.7 Å². The minimum absolute atomic E-state index is 0.0591. The fourth-order valence-electron chi connectivity index (χ4n) is 3.86. The number of likely N-dealkylation sites (tertiary alicyclic amines) is 2. The van der Waals surface area contributed by atoms with Crippen LogP contribution in [0.5, 0.6) is 0 Å². The van der Waals surface area contributed by atoms with E-state index in [1.165, 1.54) is 0 Å². The van der Waals surface area contributed by atoms with Crippen LogP contribution in [0.3, 0.4) is 0 Å². The van der Waals surface area contributed by atoms with Gasteiger partial charge in [-0.15, -0.1) is 6.42 Å². The van der Waals surface area contributed by atoms with E-state index in [1.54, 1.807) is 0 Å². The van der Waals surface area contributed by atoms with E-state index in [0.29, 0.717) is 19.7 Å². The molecule has 0 spiro atoms. The third-order valence-corrected chi connectivity index (χ3v) is 5.29. The van der Waals surface area contributed by atoms with Crippen molar-refractivity contribution in [1.82, 2.24) is 15.1 Å². The quantitative estimate of drug-likeness (QED) is 0.518. The average molecular weight is 408 g/mol. The lowest BCUT2D eigenvalue weighted by Gasteiger charge is -2.39. The van der Waals surface area contributed by atoms with Crippen molar-refractivity contribution in [2.75, 3.05) is 39.3 Å². The first-order valence-electron chi connectivity index (χ1n) is 10.8. The van der Waals surface area contributed by atoms with Gasteiger partial charge in [0.25, 0.3) is 0 Å². The molecule has 7 heteroatoms. The van der Waals surface area contributed by atoms with Gasteiger partial charge in [0, 0.05) is 26.2 Å². The second-order valence-electron chi connectivity index (χ2n) is 8.86. The molecule has 0 aliphatic carbocycles. The summed E-state index contributed by atoms with van der Waals surface area (Å²) in [5, 5.41) is 2.74. The highest BCUT2D eigenvalue weighted by atomic mass is 16.6. The van der Waals surface area contributed by atoms with Gasteiger partial charge in [0.05, 0.1) is 18.7 Å². The third kappa shape index (κ3) is 8.23. The SMILES string of the molecule is C#CCN1CCCC[C@@H]1C(=O)N1CCC(OCCCNC(=O)OC(C)(C)C)CC1.